The highest BCUT2D eigenvalue weighted by atomic mass is 16.5. The number of benzene rings is 1. The minimum Gasteiger partial charge on any atom is -0.495 e. The highest BCUT2D eigenvalue weighted by Crippen LogP contribution is 2.23. The molecule has 3 heterocycles. The Hall–Kier alpha value is -3.75. The maximum Gasteiger partial charge on any atom is 0.343 e. The Morgan fingerprint density at radius 2 is 2.04 bits per heavy atom. The van der Waals surface area contributed by atoms with Crippen molar-refractivity contribution in [3.05, 3.63) is 58.1 Å². The second-order valence-corrected chi connectivity index (χ2v) is 6.11. The van der Waals surface area contributed by atoms with Crippen molar-refractivity contribution < 1.29 is 14.3 Å². The average molecular weight is 379 g/mol. The molecule has 0 saturated heterocycles. The lowest BCUT2D eigenvalue weighted by molar-refractivity contribution is 0.0528. The Kier molecular flexibility index (Phi) is 4.26. The lowest BCUT2D eigenvalue weighted by Crippen LogP contribution is -2.21. The summed E-state index contributed by atoms with van der Waals surface area (Å²) < 4.78 is 13.2. The molecule has 0 aliphatic carbocycles. The molecule has 0 aliphatic rings. The molecule has 0 radical (unpaired) electrons. The number of pyridine rings is 1. The largest absolute Gasteiger partial charge is 0.495 e. The van der Waals surface area contributed by atoms with Gasteiger partial charge in [0.25, 0.3) is 5.56 Å². The third-order valence-corrected chi connectivity index (χ3v) is 4.35. The topological polar surface area (TPSA) is 101 Å². The molecule has 4 aromatic rings. The van der Waals surface area contributed by atoms with E-state index in [-0.39, 0.29) is 28.9 Å². The minimum atomic E-state index is -0.538. The molecule has 0 saturated carbocycles. The quantitative estimate of drug-likeness (QED) is 0.499. The fourth-order valence-corrected chi connectivity index (χ4v) is 3.02. The third-order valence-electron chi connectivity index (χ3n) is 4.35. The molecule has 0 fully saturated rings. The van der Waals surface area contributed by atoms with Crippen LogP contribution in [0, 0.1) is 6.92 Å². The molecule has 0 bridgehead atoms. The lowest BCUT2D eigenvalue weighted by atomic mass is 10.2. The lowest BCUT2D eigenvalue weighted by Gasteiger charge is -2.12. The molecule has 0 aliphatic heterocycles. The summed E-state index contributed by atoms with van der Waals surface area (Å²) in [5, 5.41) is 12.3. The predicted octanol–water partition coefficient (Wildman–Crippen LogP) is 1.92. The van der Waals surface area contributed by atoms with Crippen molar-refractivity contribution in [1.82, 2.24) is 24.4 Å². The number of fused-ring (bicyclic) bond motifs is 3. The number of rotatable bonds is 4. The zero-order chi connectivity index (χ0) is 19.8. The van der Waals surface area contributed by atoms with Crippen LogP contribution in [-0.4, -0.2) is 44.1 Å². The summed E-state index contributed by atoms with van der Waals surface area (Å²) in [6.45, 7) is 3.88. The number of aromatic nitrogens is 5. The second kappa shape index (κ2) is 6.76. The maximum absolute atomic E-state index is 13.1. The SMILES string of the molecule is CCOC(=O)c1cnn2c1nnc1c(=O)n(-c3cc(C)ccc3OC)ccc12. The van der Waals surface area contributed by atoms with E-state index in [2.05, 4.69) is 15.3 Å². The van der Waals surface area contributed by atoms with Gasteiger partial charge in [-0.25, -0.2) is 9.31 Å². The fraction of sp³-hybridized carbons (Fsp3) is 0.211. The Morgan fingerprint density at radius 1 is 1.21 bits per heavy atom. The van der Waals surface area contributed by atoms with E-state index in [0.29, 0.717) is 17.0 Å². The number of hydrogen-bond acceptors (Lipinski definition) is 7. The van der Waals surface area contributed by atoms with E-state index < -0.39 is 5.97 Å². The van der Waals surface area contributed by atoms with E-state index in [1.165, 1.54) is 15.3 Å². The summed E-state index contributed by atoms with van der Waals surface area (Å²) in [6, 6.07) is 7.25. The Labute approximate surface area is 159 Å². The molecular weight excluding hydrogens is 362 g/mol. The van der Waals surface area contributed by atoms with E-state index in [4.69, 9.17) is 9.47 Å². The number of esters is 1. The number of nitrogens with zero attached hydrogens (tertiary/aromatic N) is 5. The van der Waals surface area contributed by atoms with Gasteiger partial charge in [0.1, 0.15) is 16.8 Å². The van der Waals surface area contributed by atoms with Gasteiger partial charge in [-0.3, -0.25) is 9.36 Å². The van der Waals surface area contributed by atoms with Crippen LogP contribution in [0.2, 0.25) is 0 Å². The molecule has 142 valence electrons. The molecule has 0 N–H and O–H groups in total. The van der Waals surface area contributed by atoms with Crippen LogP contribution in [0.1, 0.15) is 22.8 Å². The number of ether oxygens (including phenoxy) is 2. The highest BCUT2D eigenvalue weighted by molar-refractivity contribution is 5.96. The van der Waals surface area contributed by atoms with Crippen LogP contribution < -0.4 is 10.3 Å². The maximum atomic E-state index is 13.1. The van der Waals surface area contributed by atoms with Crippen LogP contribution in [0.5, 0.6) is 5.75 Å². The van der Waals surface area contributed by atoms with Crippen molar-refractivity contribution >= 4 is 22.6 Å². The van der Waals surface area contributed by atoms with E-state index in [0.717, 1.165) is 5.56 Å². The van der Waals surface area contributed by atoms with Crippen LogP contribution in [0.4, 0.5) is 0 Å². The first kappa shape index (κ1) is 17.7. The summed E-state index contributed by atoms with van der Waals surface area (Å²) in [7, 11) is 1.55. The van der Waals surface area contributed by atoms with Gasteiger partial charge in [0.15, 0.2) is 11.2 Å². The molecule has 1 aromatic carbocycles. The number of methoxy groups -OCH3 is 1. The first-order valence-corrected chi connectivity index (χ1v) is 8.63. The molecule has 0 atom stereocenters. The van der Waals surface area contributed by atoms with Crippen molar-refractivity contribution in [3.63, 3.8) is 0 Å². The molecule has 0 spiro atoms. The minimum absolute atomic E-state index is 0.122. The van der Waals surface area contributed by atoms with Crippen molar-refractivity contribution in [2.45, 2.75) is 13.8 Å². The first-order valence-electron chi connectivity index (χ1n) is 8.63. The molecule has 3 aromatic heterocycles. The van der Waals surface area contributed by atoms with Gasteiger partial charge in [-0.05, 0) is 37.6 Å². The Morgan fingerprint density at radius 3 is 2.79 bits per heavy atom. The first-order chi connectivity index (χ1) is 13.5. The number of carbonyl (C=O) groups excluding carboxylic acids is 1. The van der Waals surface area contributed by atoms with Crippen molar-refractivity contribution in [3.8, 4) is 11.4 Å². The zero-order valence-corrected chi connectivity index (χ0v) is 15.5. The summed E-state index contributed by atoms with van der Waals surface area (Å²) in [5.74, 6) is 0.0220. The molecule has 9 nitrogen and oxygen atoms in total. The van der Waals surface area contributed by atoms with Gasteiger partial charge in [-0.1, -0.05) is 6.07 Å². The van der Waals surface area contributed by atoms with Gasteiger partial charge >= 0.3 is 5.97 Å². The molecule has 0 unspecified atom stereocenters. The standard InChI is InChI=1S/C19H17N5O4/c1-4-28-19(26)12-10-20-24-13-7-8-23(18(25)16(13)21-22-17(12)24)14-9-11(2)5-6-15(14)27-3/h5-10H,4H2,1-3H3. The summed E-state index contributed by atoms with van der Waals surface area (Å²) >= 11 is 0. The van der Waals surface area contributed by atoms with Gasteiger partial charge in [0.2, 0.25) is 0 Å². The van der Waals surface area contributed by atoms with Gasteiger partial charge < -0.3 is 9.47 Å². The molecular formula is C19H17N5O4. The number of hydrogen-bond donors (Lipinski definition) is 0. The summed E-state index contributed by atoms with van der Waals surface area (Å²) in [6.07, 6.45) is 2.98. The highest BCUT2D eigenvalue weighted by Gasteiger charge is 2.19. The van der Waals surface area contributed by atoms with Crippen LogP contribution in [0.15, 0.2) is 41.5 Å². The van der Waals surface area contributed by atoms with Crippen LogP contribution in [-0.2, 0) is 4.74 Å². The van der Waals surface area contributed by atoms with E-state index in [1.807, 2.05) is 19.1 Å². The zero-order valence-electron chi connectivity index (χ0n) is 15.5. The van der Waals surface area contributed by atoms with Gasteiger partial charge in [-0.15, -0.1) is 10.2 Å². The predicted molar refractivity (Wildman–Crippen MR) is 101 cm³/mol. The average Bonchev–Trinajstić information content (AvgIpc) is 3.13. The van der Waals surface area contributed by atoms with Gasteiger partial charge in [-0.2, -0.15) is 5.10 Å². The van der Waals surface area contributed by atoms with Crippen LogP contribution in [0.3, 0.4) is 0 Å². The molecule has 9 heteroatoms. The fourth-order valence-electron chi connectivity index (χ4n) is 3.02. The van der Waals surface area contributed by atoms with Crippen LogP contribution in [0.25, 0.3) is 22.4 Å². The third kappa shape index (κ3) is 2.68. The molecule has 4 rings (SSSR count). The van der Waals surface area contributed by atoms with Crippen LogP contribution >= 0.6 is 0 Å². The molecule has 28 heavy (non-hydrogen) atoms. The normalized spacial score (nSPS) is 11.1. The monoisotopic (exact) mass is 379 g/mol. The Balaban J connectivity index is 1.94. The summed E-state index contributed by atoms with van der Waals surface area (Å²) in [5.41, 5.74) is 2.20. The number of aryl methyl sites for hydroxylation is 1. The van der Waals surface area contributed by atoms with Gasteiger partial charge in [0.05, 0.1) is 25.6 Å². The smallest absolute Gasteiger partial charge is 0.343 e. The van der Waals surface area contributed by atoms with Crippen molar-refractivity contribution in [1.29, 1.82) is 0 Å². The Bertz CT molecular complexity index is 1270. The second-order valence-electron chi connectivity index (χ2n) is 6.11. The van der Waals surface area contributed by atoms with Gasteiger partial charge in [0, 0.05) is 6.20 Å². The van der Waals surface area contributed by atoms with Crippen molar-refractivity contribution in [2.24, 2.45) is 0 Å². The number of carbonyl (C=O) groups is 1. The van der Waals surface area contributed by atoms with E-state index in [1.54, 1.807) is 32.4 Å². The van der Waals surface area contributed by atoms with Crippen molar-refractivity contribution in [2.75, 3.05) is 13.7 Å². The van der Waals surface area contributed by atoms with E-state index in [9.17, 15) is 9.59 Å². The molecule has 0 amide bonds. The summed E-state index contributed by atoms with van der Waals surface area (Å²) in [4.78, 5) is 25.1. The van der Waals surface area contributed by atoms with E-state index >= 15 is 0 Å².